The van der Waals surface area contributed by atoms with Crippen molar-refractivity contribution in [3.8, 4) is 10.7 Å². The first kappa shape index (κ1) is 28.2. The van der Waals surface area contributed by atoms with Crippen LogP contribution in [-0.4, -0.2) is 81.5 Å². The van der Waals surface area contributed by atoms with Crippen molar-refractivity contribution in [2.45, 2.75) is 68.7 Å². The Kier molecular flexibility index (Phi) is 7.13. The lowest BCUT2D eigenvalue weighted by molar-refractivity contribution is -0.126. The molecule has 3 aliphatic heterocycles. The van der Waals surface area contributed by atoms with Crippen molar-refractivity contribution >= 4 is 33.0 Å². The molecule has 4 atom stereocenters. The van der Waals surface area contributed by atoms with Crippen molar-refractivity contribution in [3.05, 3.63) is 47.6 Å². The summed E-state index contributed by atoms with van der Waals surface area (Å²) < 4.78 is 69.4. The molecule has 6 heterocycles. The molecule has 2 N–H and O–H groups in total. The van der Waals surface area contributed by atoms with E-state index in [1.807, 2.05) is 7.05 Å². The number of anilines is 1. The Morgan fingerprint density at radius 1 is 1.21 bits per heavy atom. The highest BCUT2D eigenvalue weighted by atomic mass is 32.1. The van der Waals surface area contributed by atoms with E-state index in [9.17, 15) is 18.0 Å². The van der Waals surface area contributed by atoms with Gasteiger partial charge in [0.25, 0.3) is 5.91 Å². The lowest BCUT2D eigenvalue weighted by Crippen LogP contribution is -2.53. The molecule has 0 unspecified atom stereocenters. The normalized spacial score (nSPS) is 24.4. The number of hydrogen-bond donors (Lipinski definition) is 2. The quantitative estimate of drug-likeness (QED) is 0.272. The Morgan fingerprint density at radius 2 is 2.05 bits per heavy atom. The molecule has 3 saturated heterocycles. The van der Waals surface area contributed by atoms with E-state index in [0.717, 1.165) is 24.2 Å². The average molecular weight is 620 g/mol. The summed E-state index contributed by atoms with van der Waals surface area (Å²) in [6.45, 7) is 0.954. The molecule has 3 fully saturated rings. The summed E-state index contributed by atoms with van der Waals surface area (Å²) in [6, 6.07) is 4.84. The molecule has 15 heteroatoms. The van der Waals surface area contributed by atoms with Crippen LogP contribution in [0.3, 0.4) is 0 Å². The number of carbonyl (C=O) groups excluding carboxylic acids is 1. The number of hydrogen-bond acceptors (Lipinski definition) is 9. The van der Waals surface area contributed by atoms with E-state index in [4.69, 9.17) is 9.26 Å². The Morgan fingerprint density at radius 3 is 2.81 bits per heavy atom. The van der Waals surface area contributed by atoms with Gasteiger partial charge in [0.15, 0.2) is 0 Å². The number of carbonyl (C=O) groups is 1. The highest BCUT2D eigenvalue weighted by Gasteiger charge is 2.46. The number of nitrogens with zero attached hydrogens (tertiary/aromatic N) is 5. The third-order valence-corrected chi connectivity index (χ3v) is 9.92. The molecule has 2 bridgehead atoms. The zero-order valence-electron chi connectivity index (χ0n) is 23.1. The van der Waals surface area contributed by atoms with Crippen molar-refractivity contribution in [1.82, 2.24) is 30.1 Å². The van der Waals surface area contributed by atoms with Crippen molar-refractivity contribution in [2.75, 3.05) is 25.6 Å². The third kappa shape index (κ3) is 5.38. The third-order valence-electron chi connectivity index (χ3n) is 8.64. The number of benzene rings is 1. The number of thiophene rings is 1. The van der Waals surface area contributed by atoms with E-state index < -0.39 is 30.7 Å². The number of ether oxygens (including phenoxy) is 1. The highest BCUT2D eigenvalue weighted by Crippen LogP contribution is 2.45. The van der Waals surface area contributed by atoms with Crippen LogP contribution in [0.4, 0.5) is 23.2 Å². The number of fused-ring (bicyclic) bond motifs is 3. The zero-order chi connectivity index (χ0) is 29.9. The van der Waals surface area contributed by atoms with Gasteiger partial charge in [-0.15, -0.1) is 11.3 Å². The van der Waals surface area contributed by atoms with Gasteiger partial charge in [-0.05, 0) is 43.3 Å². The minimum Gasteiger partial charge on any atom is -0.378 e. The van der Waals surface area contributed by atoms with E-state index in [1.165, 1.54) is 6.20 Å². The van der Waals surface area contributed by atoms with Crippen LogP contribution >= 0.6 is 11.3 Å². The summed E-state index contributed by atoms with van der Waals surface area (Å²) in [5.41, 5.74) is 0.954. The molecule has 4 aromatic rings. The van der Waals surface area contributed by atoms with Crippen molar-refractivity contribution in [3.63, 3.8) is 0 Å². The highest BCUT2D eigenvalue weighted by molar-refractivity contribution is 7.23. The molecular weight excluding hydrogens is 590 g/mol. The molecule has 7 rings (SSSR count). The van der Waals surface area contributed by atoms with E-state index in [0.29, 0.717) is 41.0 Å². The van der Waals surface area contributed by atoms with Gasteiger partial charge in [-0.1, -0.05) is 17.3 Å². The predicted octanol–water partition coefficient (Wildman–Crippen LogP) is 4.74. The van der Waals surface area contributed by atoms with Crippen molar-refractivity contribution in [2.24, 2.45) is 0 Å². The summed E-state index contributed by atoms with van der Waals surface area (Å²) in [4.78, 5) is 19.2. The average Bonchev–Trinajstić information content (AvgIpc) is 3.71. The van der Waals surface area contributed by atoms with Gasteiger partial charge >= 0.3 is 6.18 Å². The van der Waals surface area contributed by atoms with Crippen molar-refractivity contribution < 1.29 is 31.6 Å². The van der Waals surface area contributed by atoms with Gasteiger partial charge in [0, 0.05) is 18.3 Å². The van der Waals surface area contributed by atoms with Crippen LogP contribution in [0.15, 0.2) is 35.1 Å². The van der Waals surface area contributed by atoms with Gasteiger partial charge in [0.2, 0.25) is 11.7 Å². The second-order valence-corrected chi connectivity index (χ2v) is 12.4. The van der Waals surface area contributed by atoms with Crippen molar-refractivity contribution in [1.29, 1.82) is 0 Å². The lowest BCUT2D eigenvalue weighted by Gasteiger charge is -2.39. The summed E-state index contributed by atoms with van der Waals surface area (Å²) in [7, 11) is 1.95. The summed E-state index contributed by atoms with van der Waals surface area (Å²) in [5, 5.41) is 14.5. The van der Waals surface area contributed by atoms with Gasteiger partial charge in [-0.25, -0.2) is 4.39 Å². The minimum atomic E-state index is -4.49. The van der Waals surface area contributed by atoms with Crippen LogP contribution < -0.4 is 10.6 Å². The molecule has 43 heavy (non-hydrogen) atoms. The van der Waals surface area contributed by atoms with Gasteiger partial charge in [-0.2, -0.15) is 23.3 Å². The topological polar surface area (TPSA) is 110 Å². The van der Waals surface area contributed by atoms with Crippen LogP contribution in [0.1, 0.15) is 47.1 Å². The Hall–Kier alpha value is -3.56. The Labute approximate surface area is 247 Å². The number of amides is 1. The van der Waals surface area contributed by atoms with E-state index in [-0.39, 0.29) is 46.8 Å². The maximum atomic E-state index is 15.4. The lowest BCUT2D eigenvalue weighted by atomic mass is 9.95. The predicted molar refractivity (Wildman–Crippen MR) is 150 cm³/mol. The first-order valence-corrected chi connectivity index (χ1v) is 14.9. The smallest absolute Gasteiger partial charge is 0.378 e. The molecule has 3 aromatic heterocycles. The van der Waals surface area contributed by atoms with Gasteiger partial charge in [0.1, 0.15) is 6.17 Å². The van der Waals surface area contributed by atoms with Gasteiger partial charge < -0.3 is 19.9 Å². The fourth-order valence-electron chi connectivity index (χ4n) is 6.29. The number of rotatable bonds is 8. The molecular formula is C28H29F4N7O3S. The maximum Gasteiger partial charge on any atom is 0.393 e. The monoisotopic (exact) mass is 619 g/mol. The minimum absolute atomic E-state index is 0.00541. The molecule has 0 saturated carbocycles. The fraction of sp³-hybridized carbons (Fsp3) is 0.500. The number of alkyl halides is 4. The van der Waals surface area contributed by atoms with Crippen LogP contribution in [-0.2, 0) is 17.7 Å². The first-order valence-electron chi connectivity index (χ1n) is 14.1. The summed E-state index contributed by atoms with van der Waals surface area (Å²) in [5.74, 6) is -0.372. The van der Waals surface area contributed by atoms with Crippen LogP contribution in [0.2, 0.25) is 0 Å². The van der Waals surface area contributed by atoms with Crippen LogP contribution in [0.5, 0.6) is 0 Å². The standard InChI is InChI=1S/C28H29F4N7O3S/c1-38-15-5-6-21(38)23(29)20(7-15)35-19-4-2-3-17-18(8-28(30,31)32)25(43-24(17)19)26-36-22(42-37-26)10-33-27(40)14-9-34-39(11-14)16-12-41-13-16/h2-4,9,11,15-16,20-21,23,35H,5-8,10,12-13H2,1H3,(H,33,40)/t15-,20-,21+,23-/m1/s1. The maximum absolute atomic E-state index is 15.4. The SMILES string of the molecule is CN1[C@@H]2CC[C@H]1[C@H](F)[C@H](Nc1cccc3c(CC(F)(F)F)c(-c4noc(CNC(=O)c5cnn(C6COC6)c5)n4)sc13)C2. The van der Waals surface area contributed by atoms with Crippen LogP contribution in [0.25, 0.3) is 20.8 Å². The second kappa shape index (κ2) is 10.9. The summed E-state index contributed by atoms with van der Waals surface area (Å²) in [6.07, 6.45) is -1.35. The zero-order valence-corrected chi connectivity index (χ0v) is 23.9. The first-order chi connectivity index (χ1) is 20.6. The largest absolute Gasteiger partial charge is 0.393 e. The van der Waals surface area contributed by atoms with E-state index >= 15 is 4.39 Å². The molecule has 0 radical (unpaired) electrons. The molecule has 1 amide bonds. The molecule has 0 spiro atoms. The van der Waals surface area contributed by atoms with Crippen LogP contribution in [0, 0.1) is 0 Å². The molecule has 3 aliphatic rings. The number of aromatic nitrogens is 4. The number of halogens is 4. The fourth-order valence-corrected chi connectivity index (χ4v) is 7.51. The molecule has 0 aliphatic carbocycles. The van der Waals surface area contributed by atoms with E-state index in [2.05, 4.69) is 30.8 Å². The number of nitrogens with one attached hydrogen (secondary N) is 2. The van der Waals surface area contributed by atoms with E-state index in [1.54, 1.807) is 29.1 Å². The number of piperidine rings is 1. The molecule has 1 aromatic carbocycles. The second-order valence-electron chi connectivity index (χ2n) is 11.4. The Balaban J connectivity index is 1.13. The Bertz CT molecular complexity index is 1650. The van der Waals surface area contributed by atoms with Gasteiger partial charge in [-0.3, -0.25) is 14.4 Å². The van der Waals surface area contributed by atoms with Gasteiger partial charge in [0.05, 0.1) is 65.3 Å². The summed E-state index contributed by atoms with van der Waals surface area (Å²) >= 11 is 1.11. The molecule has 10 nitrogen and oxygen atoms in total. The molecule has 228 valence electrons.